The van der Waals surface area contributed by atoms with E-state index in [0.29, 0.717) is 37.0 Å². The predicted molar refractivity (Wildman–Crippen MR) is 162 cm³/mol. The van der Waals surface area contributed by atoms with Gasteiger partial charge in [0.1, 0.15) is 27.3 Å². The third kappa shape index (κ3) is 7.46. The summed E-state index contributed by atoms with van der Waals surface area (Å²) >= 11 is 26.2. The van der Waals surface area contributed by atoms with Gasteiger partial charge in [-0.05, 0) is 69.4 Å². The lowest BCUT2D eigenvalue weighted by Crippen LogP contribution is -2.43. The Balaban J connectivity index is 1.92. The van der Waals surface area contributed by atoms with Gasteiger partial charge in [-0.25, -0.2) is 9.59 Å². The van der Waals surface area contributed by atoms with Crippen LogP contribution in [0.1, 0.15) is 69.3 Å². The molecule has 1 atom stereocenters. The summed E-state index contributed by atoms with van der Waals surface area (Å²) in [6, 6.07) is 6.24. The van der Waals surface area contributed by atoms with E-state index in [0.717, 1.165) is 5.57 Å². The highest BCUT2D eigenvalue weighted by molar-refractivity contribution is 6.45. The Labute approximate surface area is 265 Å². The third-order valence-corrected chi connectivity index (χ3v) is 8.47. The summed E-state index contributed by atoms with van der Waals surface area (Å²) in [4.78, 5) is 37.4. The first-order valence-electron chi connectivity index (χ1n) is 13.5. The van der Waals surface area contributed by atoms with Crippen LogP contribution in [-0.2, 0) is 23.8 Å². The van der Waals surface area contributed by atoms with Gasteiger partial charge in [-0.3, -0.25) is 4.79 Å². The van der Waals surface area contributed by atoms with Gasteiger partial charge in [0.2, 0.25) is 5.78 Å². The predicted octanol–water partition coefficient (Wildman–Crippen LogP) is 8.15. The Morgan fingerprint density at radius 3 is 1.86 bits per heavy atom. The summed E-state index contributed by atoms with van der Waals surface area (Å²) < 4.78 is 27.2. The van der Waals surface area contributed by atoms with Crippen molar-refractivity contribution >= 4 is 69.9 Å². The molecule has 2 aromatic carbocycles. The van der Waals surface area contributed by atoms with Crippen LogP contribution in [0.25, 0.3) is 5.76 Å². The molecule has 0 spiro atoms. The summed E-state index contributed by atoms with van der Waals surface area (Å²) in [5.74, 6) is -0.672. The molecular weight excluding hydrogens is 630 g/mol. The van der Waals surface area contributed by atoms with Gasteiger partial charge in [-0.15, -0.1) is 0 Å². The smallest absolute Gasteiger partial charge is 0.344 e. The molecule has 12 heteroatoms. The second kappa shape index (κ2) is 15.2. The molecule has 42 heavy (non-hydrogen) atoms. The van der Waals surface area contributed by atoms with E-state index in [1.54, 1.807) is 26.0 Å². The number of carbonyl (C=O) groups is 3. The second-order valence-electron chi connectivity index (χ2n) is 9.23. The van der Waals surface area contributed by atoms with Crippen LogP contribution in [0.3, 0.4) is 0 Å². The first kappa shape index (κ1) is 33.8. The highest BCUT2D eigenvalue weighted by Crippen LogP contribution is 2.47. The molecule has 8 nitrogen and oxygen atoms in total. The summed E-state index contributed by atoms with van der Waals surface area (Å²) in [7, 11) is 0. The first-order valence-corrected chi connectivity index (χ1v) is 15.0. The zero-order valence-electron chi connectivity index (χ0n) is 23.7. The van der Waals surface area contributed by atoms with Crippen molar-refractivity contribution in [3.05, 3.63) is 61.1 Å². The highest BCUT2D eigenvalue weighted by atomic mass is 35.5. The number of benzene rings is 2. The van der Waals surface area contributed by atoms with Gasteiger partial charge in [-0.1, -0.05) is 60.3 Å². The second-order valence-corrected chi connectivity index (χ2v) is 10.7. The molecule has 1 heterocycles. The number of Topliss-reactive ketones (excluding diaryl/α,β-unsaturated/α-hetero) is 1. The molecule has 0 fully saturated rings. The lowest BCUT2D eigenvalue weighted by Gasteiger charge is -2.39. The molecular formula is C30H32Cl4O8. The van der Waals surface area contributed by atoms with Gasteiger partial charge in [0.05, 0.1) is 23.3 Å². The van der Waals surface area contributed by atoms with Crippen molar-refractivity contribution in [3.63, 3.8) is 0 Å². The number of esters is 2. The number of ketones is 1. The van der Waals surface area contributed by atoms with Gasteiger partial charge < -0.3 is 23.7 Å². The molecule has 1 aliphatic heterocycles. The van der Waals surface area contributed by atoms with E-state index in [2.05, 4.69) is 0 Å². The van der Waals surface area contributed by atoms with Gasteiger partial charge in [0, 0.05) is 11.1 Å². The molecule has 0 aliphatic carbocycles. The van der Waals surface area contributed by atoms with Crippen molar-refractivity contribution in [2.75, 3.05) is 26.4 Å². The molecule has 0 radical (unpaired) electrons. The van der Waals surface area contributed by atoms with E-state index >= 15 is 0 Å². The lowest BCUT2D eigenvalue weighted by molar-refractivity contribution is -0.146. The van der Waals surface area contributed by atoms with E-state index in [-0.39, 0.29) is 69.4 Å². The number of rotatable bonds is 13. The summed E-state index contributed by atoms with van der Waals surface area (Å²) in [6.45, 7) is 6.96. The van der Waals surface area contributed by atoms with E-state index in [1.165, 1.54) is 12.1 Å². The maximum atomic E-state index is 14.0. The van der Waals surface area contributed by atoms with Crippen molar-refractivity contribution in [1.29, 1.82) is 0 Å². The van der Waals surface area contributed by atoms with Crippen molar-refractivity contribution in [3.8, 4) is 11.5 Å². The van der Waals surface area contributed by atoms with Crippen LogP contribution in [0.4, 0.5) is 0 Å². The van der Waals surface area contributed by atoms with E-state index in [4.69, 9.17) is 70.1 Å². The van der Waals surface area contributed by atoms with Crippen LogP contribution in [0.5, 0.6) is 11.5 Å². The maximum Gasteiger partial charge on any atom is 0.344 e. The average Bonchev–Trinajstić information content (AvgIpc) is 2.98. The molecule has 0 N–H and O–H groups in total. The minimum absolute atomic E-state index is 0.00729. The fraction of sp³-hybridized carbons (Fsp3) is 0.433. The SMILES string of the molecule is CCOC(=O)COc1ccc(C(=O)C2(CC)CCC(CC)=C(c3ccc(OCC(=O)OCC)c(Cl)c3Cl)O2)c(Cl)c1Cl. The Hall–Kier alpha value is -2.65. The van der Waals surface area contributed by atoms with Crippen molar-refractivity contribution in [1.82, 2.24) is 0 Å². The van der Waals surface area contributed by atoms with Gasteiger partial charge in [-0.2, -0.15) is 0 Å². The molecule has 0 amide bonds. The van der Waals surface area contributed by atoms with Crippen LogP contribution in [0.15, 0.2) is 29.8 Å². The standard InChI is InChI=1S/C30H32Cl4O8/c1-5-17-13-14-30(6-2,29(37)19-10-12-21(27(34)25(19)32)41-16-23(36)39-8-4)42-28(17)18-9-11-20(26(33)24(18)31)40-15-22(35)38-7-3/h9-12H,5-8,13-16H2,1-4H3. The van der Waals surface area contributed by atoms with Crippen molar-refractivity contribution in [2.45, 2.75) is 59.0 Å². The highest BCUT2D eigenvalue weighted by Gasteiger charge is 2.44. The van der Waals surface area contributed by atoms with Gasteiger partial charge in [0.15, 0.2) is 18.8 Å². The molecule has 2 aromatic rings. The molecule has 0 saturated heterocycles. The number of carbonyl (C=O) groups excluding carboxylic acids is 3. The first-order chi connectivity index (χ1) is 20.0. The van der Waals surface area contributed by atoms with Crippen molar-refractivity contribution < 1.29 is 38.1 Å². The Morgan fingerprint density at radius 2 is 1.33 bits per heavy atom. The molecule has 0 bridgehead atoms. The maximum absolute atomic E-state index is 14.0. The van der Waals surface area contributed by atoms with Crippen LogP contribution >= 0.6 is 46.4 Å². The average molecular weight is 662 g/mol. The fourth-order valence-corrected chi connectivity index (χ4v) is 5.42. The summed E-state index contributed by atoms with van der Waals surface area (Å²) in [5.41, 5.74) is 0.317. The van der Waals surface area contributed by atoms with Crippen LogP contribution in [-0.4, -0.2) is 49.8 Å². The number of halogens is 4. The zero-order chi connectivity index (χ0) is 31.0. The fourth-order valence-electron chi connectivity index (χ4n) is 4.50. The van der Waals surface area contributed by atoms with Crippen LogP contribution in [0, 0.1) is 0 Å². The summed E-state index contributed by atoms with van der Waals surface area (Å²) in [6.07, 6.45) is 1.94. The molecule has 1 aliphatic rings. The van der Waals surface area contributed by atoms with Crippen LogP contribution in [0.2, 0.25) is 20.1 Å². The molecule has 228 valence electrons. The van der Waals surface area contributed by atoms with Gasteiger partial charge >= 0.3 is 11.9 Å². The summed E-state index contributed by atoms with van der Waals surface area (Å²) in [5, 5.41) is 0.224. The minimum Gasteiger partial charge on any atom is -0.480 e. The zero-order valence-corrected chi connectivity index (χ0v) is 26.8. The van der Waals surface area contributed by atoms with Crippen molar-refractivity contribution in [2.24, 2.45) is 0 Å². The van der Waals surface area contributed by atoms with E-state index < -0.39 is 17.5 Å². The topological polar surface area (TPSA) is 97.4 Å². The Morgan fingerprint density at radius 1 is 0.786 bits per heavy atom. The molecule has 0 aromatic heterocycles. The monoisotopic (exact) mass is 660 g/mol. The number of allylic oxidation sites excluding steroid dienone is 1. The lowest BCUT2D eigenvalue weighted by atomic mass is 9.81. The molecule has 3 rings (SSSR count). The normalized spacial score (nSPS) is 16.5. The Bertz CT molecular complexity index is 1370. The van der Waals surface area contributed by atoms with E-state index in [9.17, 15) is 14.4 Å². The number of ether oxygens (including phenoxy) is 5. The quantitative estimate of drug-likeness (QED) is 0.157. The number of hydrogen-bond donors (Lipinski definition) is 0. The van der Waals surface area contributed by atoms with E-state index in [1.807, 2.05) is 13.8 Å². The Kier molecular flexibility index (Phi) is 12.2. The minimum atomic E-state index is -1.27. The third-order valence-electron chi connectivity index (χ3n) is 6.75. The largest absolute Gasteiger partial charge is 0.480 e. The molecule has 0 saturated carbocycles. The molecule has 1 unspecified atom stereocenters. The van der Waals surface area contributed by atoms with Crippen LogP contribution < -0.4 is 9.47 Å². The number of hydrogen-bond acceptors (Lipinski definition) is 8. The van der Waals surface area contributed by atoms with Gasteiger partial charge in [0.25, 0.3) is 0 Å².